The normalized spacial score (nSPS) is 20.8. The van der Waals surface area contributed by atoms with Crippen LogP contribution in [0.2, 0.25) is 0 Å². The average molecular weight is 485 g/mol. The molecule has 1 aliphatic rings. The van der Waals surface area contributed by atoms with Crippen LogP contribution in [0, 0.1) is 0 Å². The molecule has 1 aromatic carbocycles. The van der Waals surface area contributed by atoms with Crippen molar-refractivity contribution < 1.29 is 35.8 Å². The van der Waals surface area contributed by atoms with Gasteiger partial charge in [0.15, 0.2) is 5.76 Å². The van der Waals surface area contributed by atoms with Crippen molar-refractivity contribution in [1.82, 2.24) is 10.1 Å². The predicted molar refractivity (Wildman–Crippen MR) is 117 cm³/mol. The second-order valence-electron chi connectivity index (χ2n) is 9.33. The van der Waals surface area contributed by atoms with Crippen LogP contribution < -0.4 is 0 Å². The van der Waals surface area contributed by atoms with Crippen molar-refractivity contribution in [1.29, 1.82) is 0 Å². The van der Waals surface area contributed by atoms with Crippen LogP contribution in [0.4, 0.5) is 9.18 Å². The summed E-state index contributed by atoms with van der Waals surface area (Å²) in [5.74, 6) is 0.416. The van der Waals surface area contributed by atoms with Crippen LogP contribution in [0.1, 0.15) is 52.0 Å². The highest BCUT2D eigenvalue weighted by Gasteiger charge is 2.51. The first-order valence-electron chi connectivity index (χ1n) is 10.4. The number of hydrogen-bond acceptors (Lipinski definition) is 8. The Kier molecular flexibility index (Phi) is 6.88. The van der Waals surface area contributed by atoms with E-state index in [0.717, 1.165) is 6.26 Å². The number of halogens is 1. The number of benzene rings is 1. The van der Waals surface area contributed by atoms with E-state index < -0.39 is 46.4 Å². The van der Waals surface area contributed by atoms with Gasteiger partial charge < -0.3 is 14.0 Å². The third-order valence-electron chi connectivity index (χ3n) is 4.93. The largest absolute Gasteiger partial charge is 0.444 e. The molecule has 1 saturated heterocycles. The van der Waals surface area contributed by atoms with Crippen molar-refractivity contribution >= 4 is 16.2 Å². The zero-order valence-electron chi connectivity index (χ0n) is 19.5. The minimum Gasteiger partial charge on any atom is -0.444 e. The molecule has 2 heterocycles. The van der Waals surface area contributed by atoms with Crippen LogP contribution in [-0.2, 0) is 30.4 Å². The Morgan fingerprint density at radius 3 is 2.42 bits per heavy atom. The molecule has 1 aromatic heterocycles. The molecule has 182 valence electrons. The monoisotopic (exact) mass is 484 g/mol. The molecule has 2 atom stereocenters. The number of alkyl halides is 1. The molecular weight excluding hydrogens is 455 g/mol. The molecule has 11 heteroatoms. The quantitative estimate of drug-likeness (QED) is 0.562. The molecule has 1 amide bonds. The maximum absolute atomic E-state index is 14.1. The lowest BCUT2D eigenvalue weighted by Crippen LogP contribution is -2.50. The van der Waals surface area contributed by atoms with E-state index >= 15 is 0 Å². The van der Waals surface area contributed by atoms with Gasteiger partial charge in [-0.15, -0.1) is 0 Å². The van der Waals surface area contributed by atoms with Gasteiger partial charge in [0.05, 0.1) is 12.3 Å². The van der Waals surface area contributed by atoms with Gasteiger partial charge in [-0.05, 0) is 40.2 Å². The SMILES string of the molecule is CC(C)(C)OC(=O)N1C(CF)C(c2ccc(-c3cc(COS(C)(=O)=O)no3)cc2)OC1(C)C. The van der Waals surface area contributed by atoms with Gasteiger partial charge in [-0.25, -0.2) is 9.18 Å². The second kappa shape index (κ2) is 9.03. The summed E-state index contributed by atoms with van der Waals surface area (Å²) in [4.78, 5) is 14.1. The molecule has 1 fully saturated rings. The fourth-order valence-electron chi connectivity index (χ4n) is 3.61. The number of aromatic nitrogens is 1. The summed E-state index contributed by atoms with van der Waals surface area (Å²) in [5, 5.41) is 3.80. The molecule has 2 unspecified atom stereocenters. The van der Waals surface area contributed by atoms with Crippen molar-refractivity contribution in [2.45, 2.75) is 64.7 Å². The Morgan fingerprint density at radius 1 is 1.24 bits per heavy atom. The van der Waals surface area contributed by atoms with Crippen LogP contribution in [0.15, 0.2) is 34.9 Å². The predicted octanol–water partition coefficient (Wildman–Crippen LogP) is 4.20. The molecular formula is C22H29FN2O7S. The molecule has 0 saturated carbocycles. The number of rotatable bonds is 6. The summed E-state index contributed by atoms with van der Waals surface area (Å²) in [6, 6.07) is 7.73. The van der Waals surface area contributed by atoms with Crippen molar-refractivity contribution in [2.75, 3.05) is 12.9 Å². The fraction of sp³-hybridized carbons (Fsp3) is 0.545. The van der Waals surface area contributed by atoms with Gasteiger partial charge in [-0.2, -0.15) is 8.42 Å². The third kappa shape index (κ3) is 6.10. The van der Waals surface area contributed by atoms with Crippen LogP contribution >= 0.6 is 0 Å². The number of carbonyl (C=O) groups is 1. The molecule has 33 heavy (non-hydrogen) atoms. The smallest absolute Gasteiger partial charge is 0.413 e. The Labute approximate surface area is 192 Å². The Balaban J connectivity index is 1.79. The number of hydrogen-bond donors (Lipinski definition) is 0. The summed E-state index contributed by atoms with van der Waals surface area (Å²) in [7, 11) is -3.59. The number of ether oxygens (including phenoxy) is 2. The molecule has 3 rings (SSSR count). The van der Waals surface area contributed by atoms with Crippen LogP contribution in [0.3, 0.4) is 0 Å². The van der Waals surface area contributed by atoms with E-state index in [2.05, 4.69) is 5.16 Å². The minimum absolute atomic E-state index is 0.232. The van der Waals surface area contributed by atoms with E-state index in [1.54, 1.807) is 65.0 Å². The lowest BCUT2D eigenvalue weighted by atomic mass is 10.0. The zero-order chi connectivity index (χ0) is 24.6. The second-order valence-corrected chi connectivity index (χ2v) is 11.0. The van der Waals surface area contributed by atoms with Crippen molar-refractivity contribution in [3.8, 4) is 11.3 Å². The van der Waals surface area contributed by atoms with Gasteiger partial charge in [0.25, 0.3) is 10.1 Å². The van der Waals surface area contributed by atoms with E-state index in [-0.39, 0.29) is 6.61 Å². The lowest BCUT2D eigenvalue weighted by molar-refractivity contribution is -0.0797. The van der Waals surface area contributed by atoms with Gasteiger partial charge in [0, 0.05) is 11.6 Å². The van der Waals surface area contributed by atoms with E-state index in [9.17, 15) is 17.6 Å². The molecule has 0 radical (unpaired) electrons. The summed E-state index contributed by atoms with van der Waals surface area (Å²) < 4.78 is 57.9. The van der Waals surface area contributed by atoms with Gasteiger partial charge in [-0.3, -0.25) is 9.08 Å². The van der Waals surface area contributed by atoms with E-state index in [4.69, 9.17) is 18.2 Å². The molecule has 0 bridgehead atoms. The first kappa shape index (κ1) is 25.1. The first-order valence-corrected chi connectivity index (χ1v) is 12.2. The Morgan fingerprint density at radius 2 is 1.88 bits per heavy atom. The highest BCUT2D eigenvalue weighted by molar-refractivity contribution is 7.85. The van der Waals surface area contributed by atoms with Crippen LogP contribution in [0.25, 0.3) is 11.3 Å². The average Bonchev–Trinajstić information content (AvgIpc) is 3.26. The van der Waals surface area contributed by atoms with Gasteiger partial charge >= 0.3 is 6.09 Å². The summed E-state index contributed by atoms with van der Waals surface area (Å²) in [5.41, 5.74) is -0.112. The molecule has 0 spiro atoms. The van der Waals surface area contributed by atoms with Gasteiger partial charge in [0.1, 0.15) is 36.4 Å². The van der Waals surface area contributed by atoms with Crippen LogP contribution in [0.5, 0.6) is 0 Å². The van der Waals surface area contributed by atoms with E-state index in [1.807, 2.05) is 0 Å². The van der Waals surface area contributed by atoms with E-state index in [0.29, 0.717) is 22.6 Å². The first-order chi connectivity index (χ1) is 15.2. The highest BCUT2D eigenvalue weighted by Crippen LogP contribution is 2.42. The molecule has 0 N–H and O–H groups in total. The van der Waals surface area contributed by atoms with Gasteiger partial charge in [-0.1, -0.05) is 29.4 Å². The summed E-state index contributed by atoms with van der Waals surface area (Å²) in [6.45, 7) is 7.60. The number of amides is 1. The van der Waals surface area contributed by atoms with Crippen molar-refractivity contribution in [3.63, 3.8) is 0 Å². The number of nitrogens with zero attached hydrogens (tertiary/aromatic N) is 2. The van der Waals surface area contributed by atoms with E-state index in [1.165, 1.54) is 4.90 Å². The maximum Gasteiger partial charge on any atom is 0.413 e. The third-order valence-corrected chi connectivity index (χ3v) is 5.47. The zero-order valence-corrected chi connectivity index (χ0v) is 20.3. The standard InChI is InChI=1S/C22H29FN2O7S/c1-21(2,3)31-20(26)25-17(12-23)19(30-22(25,4)5)15-9-7-14(8-10-15)18-11-16(24-32-18)13-29-33(6,27)28/h7-11,17,19H,12-13H2,1-6H3. The maximum atomic E-state index is 14.1. The van der Waals surface area contributed by atoms with Crippen LogP contribution in [-0.4, -0.2) is 54.9 Å². The molecule has 0 aliphatic carbocycles. The Bertz CT molecular complexity index is 1090. The molecule has 2 aromatic rings. The molecule has 1 aliphatic heterocycles. The number of carbonyl (C=O) groups excluding carboxylic acids is 1. The van der Waals surface area contributed by atoms with Crippen molar-refractivity contribution in [2.24, 2.45) is 0 Å². The fourth-order valence-corrected chi connectivity index (χ4v) is 3.94. The summed E-state index contributed by atoms with van der Waals surface area (Å²) >= 11 is 0. The topological polar surface area (TPSA) is 108 Å². The Hall–Kier alpha value is -2.50. The van der Waals surface area contributed by atoms with Gasteiger partial charge in [0.2, 0.25) is 0 Å². The highest BCUT2D eigenvalue weighted by atomic mass is 32.2. The lowest BCUT2D eigenvalue weighted by Gasteiger charge is -2.34. The molecule has 9 nitrogen and oxygen atoms in total. The minimum atomic E-state index is -3.59. The van der Waals surface area contributed by atoms with Crippen molar-refractivity contribution in [3.05, 3.63) is 41.6 Å². The summed E-state index contributed by atoms with van der Waals surface area (Å²) in [6.07, 6.45) is -0.381.